The Bertz CT molecular complexity index is 492. The van der Waals surface area contributed by atoms with E-state index < -0.39 is 0 Å². The van der Waals surface area contributed by atoms with Crippen LogP contribution < -0.4 is 4.74 Å². The van der Waals surface area contributed by atoms with E-state index in [1.54, 1.807) is 0 Å². The van der Waals surface area contributed by atoms with Crippen molar-refractivity contribution < 1.29 is 14.3 Å². The first kappa shape index (κ1) is 12.9. The molecule has 0 atom stereocenters. The summed E-state index contributed by atoms with van der Waals surface area (Å²) in [6, 6.07) is 3.80. The lowest BCUT2D eigenvalue weighted by Crippen LogP contribution is -2.24. The molecule has 0 aliphatic carbocycles. The summed E-state index contributed by atoms with van der Waals surface area (Å²) in [5.41, 5.74) is 2.07. The predicted octanol–water partition coefficient (Wildman–Crippen LogP) is 2.81. The van der Waals surface area contributed by atoms with E-state index in [9.17, 15) is 4.79 Å². The van der Waals surface area contributed by atoms with E-state index in [-0.39, 0.29) is 11.7 Å². The molecule has 0 radical (unpaired) electrons. The SMILES string of the molecule is O=C(Cc1cc(Cl)cc2c1OCC2)C1CCOCC1. The van der Waals surface area contributed by atoms with Crippen LogP contribution in [0.3, 0.4) is 0 Å². The van der Waals surface area contributed by atoms with Gasteiger partial charge in [-0.3, -0.25) is 4.79 Å². The molecule has 2 aliphatic heterocycles. The third-order valence-electron chi connectivity index (χ3n) is 3.87. The van der Waals surface area contributed by atoms with Gasteiger partial charge < -0.3 is 9.47 Å². The van der Waals surface area contributed by atoms with Crippen molar-refractivity contribution in [3.63, 3.8) is 0 Å². The molecule has 0 bridgehead atoms. The van der Waals surface area contributed by atoms with Crippen LogP contribution in [-0.4, -0.2) is 25.6 Å². The van der Waals surface area contributed by atoms with E-state index in [0.717, 1.165) is 36.1 Å². The minimum Gasteiger partial charge on any atom is -0.493 e. The minimum atomic E-state index is 0.129. The molecule has 102 valence electrons. The van der Waals surface area contributed by atoms with Crippen molar-refractivity contribution in [3.05, 3.63) is 28.3 Å². The summed E-state index contributed by atoms with van der Waals surface area (Å²) < 4.78 is 10.9. The Morgan fingerprint density at radius 2 is 2.05 bits per heavy atom. The van der Waals surface area contributed by atoms with Crippen LogP contribution in [0, 0.1) is 5.92 Å². The van der Waals surface area contributed by atoms with Crippen molar-refractivity contribution in [2.24, 2.45) is 5.92 Å². The molecule has 3 rings (SSSR count). The monoisotopic (exact) mass is 280 g/mol. The lowest BCUT2D eigenvalue weighted by Gasteiger charge is -2.21. The quantitative estimate of drug-likeness (QED) is 0.854. The number of ketones is 1. The number of halogens is 1. The number of benzene rings is 1. The fourth-order valence-corrected chi connectivity index (χ4v) is 3.09. The number of Topliss-reactive ketones (excluding diaryl/α,β-unsaturated/α-hetero) is 1. The Morgan fingerprint density at radius 3 is 2.84 bits per heavy atom. The molecule has 0 N–H and O–H groups in total. The highest BCUT2D eigenvalue weighted by Gasteiger charge is 2.25. The zero-order valence-corrected chi connectivity index (χ0v) is 11.5. The number of ether oxygens (including phenoxy) is 2. The summed E-state index contributed by atoms with van der Waals surface area (Å²) in [5, 5.41) is 0.694. The van der Waals surface area contributed by atoms with E-state index >= 15 is 0 Å². The van der Waals surface area contributed by atoms with Gasteiger partial charge in [-0.05, 0) is 30.5 Å². The number of rotatable bonds is 3. The summed E-state index contributed by atoms with van der Waals surface area (Å²) in [7, 11) is 0. The number of carbonyl (C=O) groups excluding carboxylic acids is 1. The van der Waals surface area contributed by atoms with Gasteiger partial charge in [0.05, 0.1) is 6.61 Å². The Hall–Kier alpha value is -1.06. The predicted molar refractivity (Wildman–Crippen MR) is 72.9 cm³/mol. The topological polar surface area (TPSA) is 35.5 Å². The smallest absolute Gasteiger partial charge is 0.140 e. The third-order valence-corrected chi connectivity index (χ3v) is 4.08. The fraction of sp³-hybridized carbons (Fsp3) is 0.533. The first-order valence-corrected chi connectivity index (χ1v) is 7.16. The van der Waals surface area contributed by atoms with Crippen LogP contribution in [0.2, 0.25) is 5.02 Å². The lowest BCUT2D eigenvalue weighted by molar-refractivity contribution is -0.125. The van der Waals surface area contributed by atoms with Crippen molar-refractivity contribution in [2.45, 2.75) is 25.7 Å². The molecular formula is C15H17ClO3. The van der Waals surface area contributed by atoms with Crippen LogP contribution >= 0.6 is 11.6 Å². The van der Waals surface area contributed by atoms with Crippen molar-refractivity contribution >= 4 is 17.4 Å². The first-order valence-electron chi connectivity index (χ1n) is 6.78. The fourth-order valence-electron chi connectivity index (χ4n) is 2.83. The van der Waals surface area contributed by atoms with E-state index in [1.165, 1.54) is 0 Å². The summed E-state index contributed by atoms with van der Waals surface area (Å²) in [6.45, 7) is 2.08. The van der Waals surface area contributed by atoms with Crippen LogP contribution in [0.25, 0.3) is 0 Å². The number of carbonyl (C=O) groups is 1. The second-order valence-electron chi connectivity index (χ2n) is 5.18. The molecular weight excluding hydrogens is 264 g/mol. The highest BCUT2D eigenvalue weighted by Crippen LogP contribution is 2.34. The molecule has 0 aromatic heterocycles. The minimum absolute atomic E-state index is 0.129. The summed E-state index contributed by atoms with van der Waals surface area (Å²) in [4.78, 5) is 12.3. The van der Waals surface area contributed by atoms with E-state index in [0.29, 0.717) is 31.3 Å². The molecule has 0 unspecified atom stereocenters. The van der Waals surface area contributed by atoms with E-state index in [4.69, 9.17) is 21.1 Å². The lowest BCUT2D eigenvalue weighted by atomic mass is 9.91. The van der Waals surface area contributed by atoms with Gasteiger partial charge in [-0.1, -0.05) is 11.6 Å². The Morgan fingerprint density at radius 1 is 1.26 bits per heavy atom. The molecule has 1 aromatic carbocycles. The highest BCUT2D eigenvalue weighted by molar-refractivity contribution is 6.30. The Kier molecular flexibility index (Phi) is 3.76. The van der Waals surface area contributed by atoms with Gasteiger partial charge in [0.1, 0.15) is 11.5 Å². The summed E-state index contributed by atoms with van der Waals surface area (Å²) in [6.07, 6.45) is 2.98. The number of hydrogen-bond acceptors (Lipinski definition) is 3. The van der Waals surface area contributed by atoms with Gasteiger partial charge in [-0.25, -0.2) is 0 Å². The molecule has 1 aromatic rings. The second-order valence-corrected chi connectivity index (χ2v) is 5.62. The zero-order chi connectivity index (χ0) is 13.2. The molecule has 2 aliphatic rings. The molecule has 3 nitrogen and oxygen atoms in total. The maximum atomic E-state index is 12.3. The van der Waals surface area contributed by atoms with Crippen molar-refractivity contribution in [1.29, 1.82) is 0 Å². The molecule has 0 spiro atoms. The van der Waals surface area contributed by atoms with Crippen LogP contribution in [0.5, 0.6) is 5.75 Å². The van der Waals surface area contributed by atoms with Crippen molar-refractivity contribution in [1.82, 2.24) is 0 Å². The van der Waals surface area contributed by atoms with Gasteiger partial charge in [0.15, 0.2) is 0 Å². The second kappa shape index (κ2) is 5.51. The molecule has 2 heterocycles. The maximum Gasteiger partial charge on any atom is 0.140 e. The van der Waals surface area contributed by atoms with Crippen molar-refractivity contribution in [2.75, 3.05) is 19.8 Å². The Labute approximate surface area is 117 Å². The standard InChI is InChI=1S/C15H17ClO3/c16-13-7-11-3-6-19-15(11)12(8-13)9-14(17)10-1-4-18-5-2-10/h7-8,10H,1-6,9H2. The average Bonchev–Trinajstić information content (AvgIpc) is 2.88. The molecule has 1 saturated heterocycles. The van der Waals surface area contributed by atoms with E-state index in [2.05, 4.69) is 0 Å². The number of fused-ring (bicyclic) bond motifs is 1. The van der Waals surface area contributed by atoms with Crippen LogP contribution in [0.4, 0.5) is 0 Å². The summed E-state index contributed by atoms with van der Waals surface area (Å²) >= 11 is 6.11. The molecule has 19 heavy (non-hydrogen) atoms. The van der Waals surface area contributed by atoms with Crippen molar-refractivity contribution in [3.8, 4) is 5.75 Å². The van der Waals surface area contributed by atoms with Crippen LogP contribution in [-0.2, 0) is 22.4 Å². The number of hydrogen-bond donors (Lipinski definition) is 0. The largest absolute Gasteiger partial charge is 0.493 e. The van der Waals surface area contributed by atoms with Crippen LogP contribution in [0.1, 0.15) is 24.0 Å². The summed E-state index contributed by atoms with van der Waals surface area (Å²) in [5.74, 6) is 1.29. The molecule has 4 heteroatoms. The average molecular weight is 281 g/mol. The first-order chi connectivity index (χ1) is 9.24. The molecule has 0 saturated carbocycles. The highest BCUT2D eigenvalue weighted by atomic mass is 35.5. The van der Waals surface area contributed by atoms with Gasteiger partial charge in [0, 0.05) is 42.6 Å². The normalized spacial score (nSPS) is 19.0. The molecule has 0 amide bonds. The van der Waals surface area contributed by atoms with Gasteiger partial charge in [-0.15, -0.1) is 0 Å². The van der Waals surface area contributed by atoms with Gasteiger partial charge in [0.2, 0.25) is 0 Å². The maximum absolute atomic E-state index is 12.3. The van der Waals surface area contributed by atoms with Gasteiger partial charge in [-0.2, -0.15) is 0 Å². The van der Waals surface area contributed by atoms with Gasteiger partial charge >= 0.3 is 0 Å². The Balaban J connectivity index is 1.77. The zero-order valence-electron chi connectivity index (χ0n) is 10.8. The van der Waals surface area contributed by atoms with Crippen LogP contribution in [0.15, 0.2) is 12.1 Å². The van der Waals surface area contributed by atoms with E-state index in [1.807, 2.05) is 12.1 Å². The molecule has 1 fully saturated rings. The van der Waals surface area contributed by atoms with Gasteiger partial charge in [0.25, 0.3) is 0 Å². The third kappa shape index (κ3) is 2.77.